The second-order valence-electron chi connectivity index (χ2n) is 6.89. The first-order chi connectivity index (χ1) is 14.1. The third-order valence-electron chi connectivity index (χ3n) is 4.74. The van der Waals surface area contributed by atoms with Crippen LogP contribution in [0.3, 0.4) is 0 Å². The maximum absolute atomic E-state index is 12.3. The van der Waals surface area contributed by atoms with Gasteiger partial charge in [0.25, 0.3) is 5.91 Å². The van der Waals surface area contributed by atoms with Crippen LogP contribution in [-0.2, 0) is 0 Å². The van der Waals surface area contributed by atoms with Gasteiger partial charge in [0.05, 0.1) is 22.6 Å². The van der Waals surface area contributed by atoms with Gasteiger partial charge in [-0.15, -0.1) is 0 Å². The zero-order valence-corrected chi connectivity index (χ0v) is 15.9. The zero-order chi connectivity index (χ0) is 20.0. The molecule has 4 heterocycles. The van der Waals surface area contributed by atoms with Crippen molar-refractivity contribution in [3.63, 3.8) is 0 Å². The van der Waals surface area contributed by atoms with Crippen LogP contribution in [0.25, 0.3) is 27.3 Å². The molecule has 29 heavy (non-hydrogen) atoms. The van der Waals surface area contributed by atoms with Gasteiger partial charge < -0.3 is 10.2 Å². The van der Waals surface area contributed by atoms with E-state index in [0.717, 1.165) is 33.0 Å². The average Bonchev–Trinajstić information content (AvgIpc) is 3.13. The Morgan fingerprint density at radius 2 is 1.97 bits per heavy atom. The van der Waals surface area contributed by atoms with Crippen LogP contribution in [0.2, 0.25) is 0 Å². The van der Waals surface area contributed by atoms with Gasteiger partial charge in [0.2, 0.25) is 0 Å². The zero-order valence-electron chi connectivity index (χ0n) is 15.9. The first kappa shape index (κ1) is 17.1. The molecule has 1 amide bonds. The van der Waals surface area contributed by atoms with Crippen LogP contribution < -0.4 is 5.32 Å². The summed E-state index contributed by atoms with van der Waals surface area (Å²) >= 11 is 0. The molecule has 5 rings (SSSR count). The van der Waals surface area contributed by atoms with E-state index < -0.39 is 0 Å². The molecule has 0 unspecified atom stereocenters. The molecule has 4 aromatic heterocycles. The summed E-state index contributed by atoms with van der Waals surface area (Å²) in [5.74, 6) is 0.590. The van der Waals surface area contributed by atoms with Crippen LogP contribution in [0.1, 0.15) is 10.4 Å². The molecule has 0 atom stereocenters. The van der Waals surface area contributed by atoms with Crippen LogP contribution >= 0.6 is 0 Å². The fourth-order valence-electron chi connectivity index (χ4n) is 3.38. The molecule has 0 aliphatic heterocycles. The van der Waals surface area contributed by atoms with Gasteiger partial charge in [0, 0.05) is 55.5 Å². The van der Waals surface area contributed by atoms with Crippen LogP contribution in [0.4, 0.5) is 11.5 Å². The van der Waals surface area contributed by atoms with Crippen LogP contribution in [0.15, 0.2) is 61.3 Å². The highest BCUT2D eigenvalue weighted by molar-refractivity contribution is 6.14. The fraction of sp³-hybridized carbons (Fsp3) is 0.0952. The average molecular weight is 383 g/mol. The summed E-state index contributed by atoms with van der Waals surface area (Å²) < 4.78 is 1.78. The predicted molar refractivity (Wildman–Crippen MR) is 111 cm³/mol. The lowest BCUT2D eigenvalue weighted by atomic mass is 10.1. The fourth-order valence-corrected chi connectivity index (χ4v) is 3.38. The Kier molecular flexibility index (Phi) is 3.83. The molecule has 0 spiro atoms. The molecule has 0 bridgehead atoms. The first-order valence-electron chi connectivity index (χ1n) is 9.06. The highest BCUT2D eigenvalue weighted by Crippen LogP contribution is 2.33. The van der Waals surface area contributed by atoms with Crippen molar-refractivity contribution in [2.45, 2.75) is 0 Å². The lowest BCUT2D eigenvalue weighted by Crippen LogP contribution is -2.21. The van der Waals surface area contributed by atoms with Gasteiger partial charge in [0.1, 0.15) is 11.3 Å². The minimum Gasteiger partial charge on any atom is -0.345 e. The highest BCUT2D eigenvalue weighted by atomic mass is 16.2. The van der Waals surface area contributed by atoms with Crippen molar-refractivity contribution in [1.29, 1.82) is 0 Å². The Bertz CT molecular complexity index is 1390. The number of hydrogen-bond acceptors (Lipinski definition) is 6. The Labute approximate surface area is 165 Å². The van der Waals surface area contributed by atoms with E-state index in [1.807, 2.05) is 24.3 Å². The van der Waals surface area contributed by atoms with E-state index in [9.17, 15) is 4.79 Å². The van der Waals surface area contributed by atoms with Gasteiger partial charge in [-0.25, -0.2) is 9.50 Å². The van der Waals surface area contributed by atoms with Gasteiger partial charge in [-0.1, -0.05) is 6.07 Å². The summed E-state index contributed by atoms with van der Waals surface area (Å²) in [6, 6.07) is 9.21. The van der Waals surface area contributed by atoms with Crippen LogP contribution in [-0.4, -0.2) is 49.5 Å². The molecule has 8 heteroatoms. The molecular weight excluding hydrogens is 366 g/mol. The molecule has 0 saturated heterocycles. The van der Waals surface area contributed by atoms with Crippen molar-refractivity contribution in [3.8, 4) is 0 Å². The minimum atomic E-state index is -0.0588. The molecule has 5 aromatic rings. The van der Waals surface area contributed by atoms with Crippen molar-refractivity contribution < 1.29 is 4.79 Å². The van der Waals surface area contributed by atoms with E-state index in [0.29, 0.717) is 11.4 Å². The Balaban J connectivity index is 1.72. The first-order valence-corrected chi connectivity index (χ1v) is 9.06. The summed E-state index contributed by atoms with van der Waals surface area (Å²) in [6.07, 6.45) is 8.73. The molecule has 0 radical (unpaired) electrons. The minimum absolute atomic E-state index is 0.0588. The topological polar surface area (TPSA) is 88.3 Å². The Morgan fingerprint density at radius 1 is 1.10 bits per heavy atom. The number of amides is 1. The molecule has 0 fully saturated rings. The number of nitrogens with one attached hydrogen (secondary N) is 1. The number of benzene rings is 1. The molecule has 0 aliphatic rings. The number of carbonyl (C=O) groups is 1. The van der Waals surface area contributed by atoms with Crippen molar-refractivity contribution in [2.24, 2.45) is 0 Å². The van der Waals surface area contributed by atoms with E-state index in [-0.39, 0.29) is 5.91 Å². The summed E-state index contributed by atoms with van der Waals surface area (Å²) in [6.45, 7) is 0. The van der Waals surface area contributed by atoms with Gasteiger partial charge in [-0.3, -0.25) is 14.8 Å². The smallest absolute Gasteiger partial charge is 0.253 e. The van der Waals surface area contributed by atoms with Crippen molar-refractivity contribution in [1.82, 2.24) is 29.5 Å². The second-order valence-corrected chi connectivity index (χ2v) is 6.89. The van der Waals surface area contributed by atoms with Gasteiger partial charge >= 0.3 is 0 Å². The monoisotopic (exact) mass is 383 g/mol. The van der Waals surface area contributed by atoms with Crippen LogP contribution in [0, 0.1) is 0 Å². The molecule has 142 valence electrons. The molecule has 1 aromatic carbocycles. The van der Waals surface area contributed by atoms with Gasteiger partial charge in [-0.05, 0) is 24.3 Å². The summed E-state index contributed by atoms with van der Waals surface area (Å²) in [7, 11) is 3.47. The van der Waals surface area contributed by atoms with E-state index in [4.69, 9.17) is 10.1 Å². The Hall–Kier alpha value is -4.07. The molecule has 0 saturated carbocycles. The quantitative estimate of drug-likeness (QED) is 0.514. The van der Waals surface area contributed by atoms with Gasteiger partial charge in [-0.2, -0.15) is 5.10 Å². The van der Waals surface area contributed by atoms with Crippen molar-refractivity contribution >= 4 is 44.7 Å². The molecule has 1 N–H and O–H groups in total. The van der Waals surface area contributed by atoms with E-state index in [2.05, 4.69) is 15.3 Å². The summed E-state index contributed by atoms with van der Waals surface area (Å²) in [4.78, 5) is 27.1. The number of hydrogen-bond donors (Lipinski definition) is 1. The van der Waals surface area contributed by atoms with Crippen molar-refractivity contribution in [2.75, 3.05) is 19.4 Å². The number of rotatable bonds is 3. The lowest BCUT2D eigenvalue weighted by Gasteiger charge is -2.12. The normalized spacial score (nSPS) is 11.2. The van der Waals surface area contributed by atoms with Crippen molar-refractivity contribution in [3.05, 3.63) is 66.9 Å². The van der Waals surface area contributed by atoms with Crippen LogP contribution in [0.5, 0.6) is 0 Å². The number of fused-ring (bicyclic) bond motifs is 5. The maximum atomic E-state index is 12.3. The number of pyridine rings is 2. The maximum Gasteiger partial charge on any atom is 0.253 e. The second kappa shape index (κ2) is 6.52. The highest BCUT2D eigenvalue weighted by Gasteiger charge is 2.16. The molecular formula is C21H17N7O. The van der Waals surface area contributed by atoms with E-state index in [1.165, 1.54) is 0 Å². The summed E-state index contributed by atoms with van der Waals surface area (Å²) in [5.41, 5.74) is 3.78. The number of nitrogens with zero attached hydrogens (tertiary/aromatic N) is 6. The lowest BCUT2D eigenvalue weighted by molar-refractivity contribution is 0.0827. The largest absolute Gasteiger partial charge is 0.345 e. The number of aromatic nitrogens is 5. The SMILES string of the molecule is CN(C)C(=O)c1cccc(Nc2nc3ccncc3c3nn4ccncc4c23)c1. The standard InChI is InChI=1S/C21H17N7O/c1-27(2)21(29)13-4-3-5-14(10-13)24-20-18-17-12-23-8-9-28(17)26-19(18)15-11-22-7-6-16(15)25-20/h3-12H,1-2H3,(H,24,25). The third-order valence-corrected chi connectivity index (χ3v) is 4.74. The summed E-state index contributed by atoms with van der Waals surface area (Å²) in [5, 5.41) is 9.80. The Morgan fingerprint density at radius 3 is 2.83 bits per heavy atom. The van der Waals surface area contributed by atoms with Gasteiger partial charge in [0.15, 0.2) is 0 Å². The van der Waals surface area contributed by atoms with E-state index >= 15 is 0 Å². The molecule has 8 nitrogen and oxygen atoms in total. The van der Waals surface area contributed by atoms with E-state index in [1.54, 1.807) is 60.6 Å². The number of carbonyl (C=O) groups excluding carboxylic acids is 1. The predicted octanol–water partition coefficient (Wildman–Crippen LogP) is 3.27. The third kappa shape index (κ3) is 2.82. The number of anilines is 2. The molecule has 0 aliphatic carbocycles.